The zero-order chi connectivity index (χ0) is 13.4. The highest BCUT2D eigenvalue weighted by atomic mass is 35.5. The summed E-state index contributed by atoms with van der Waals surface area (Å²) in [5.41, 5.74) is 7.41. The molecule has 0 saturated heterocycles. The minimum absolute atomic E-state index is 0.333. The zero-order valence-corrected chi connectivity index (χ0v) is 12.7. The molecule has 1 atom stereocenters. The van der Waals surface area contributed by atoms with Crippen LogP contribution in [0, 0.1) is 13.8 Å². The van der Waals surface area contributed by atoms with Gasteiger partial charge in [0.05, 0.1) is 6.04 Å². The van der Waals surface area contributed by atoms with Crippen LogP contribution >= 0.6 is 23.4 Å². The van der Waals surface area contributed by atoms with Crippen molar-refractivity contribution in [2.75, 3.05) is 11.2 Å². The highest BCUT2D eigenvalue weighted by molar-refractivity contribution is 7.99. The summed E-state index contributed by atoms with van der Waals surface area (Å²) in [4.78, 5) is 1.34. The fourth-order valence-electron chi connectivity index (χ4n) is 2.53. The van der Waals surface area contributed by atoms with Gasteiger partial charge in [-0.25, -0.2) is 0 Å². The third-order valence-electron chi connectivity index (χ3n) is 3.57. The molecule has 0 fully saturated rings. The molecule has 100 valence electrons. The van der Waals surface area contributed by atoms with Crippen molar-refractivity contribution in [3.63, 3.8) is 0 Å². The molecular weight excluding hydrogens is 276 g/mol. The molecule has 1 N–H and O–H groups in total. The highest BCUT2D eigenvalue weighted by Crippen LogP contribution is 2.38. The molecule has 0 radical (unpaired) electrons. The normalized spacial score (nSPS) is 18.2. The molecule has 0 saturated carbocycles. The number of thioether (sulfide) groups is 1. The molecule has 19 heavy (non-hydrogen) atoms. The van der Waals surface area contributed by atoms with E-state index >= 15 is 0 Å². The second-order valence-electron chi connectivity index (χ2n) is 4.95. The fourth-order valence-corrected chi connectivity index (χ4v) is 3.81. The van der Waals surface area contributed by atoms with Crippen molar-refractivity contribution in [2.24, 2.45) is 0 Å². The van der Waals surface area contributed by atoms with Crippen LogP contribution in [0.1, 0.15) is 29.4 Å². The Hall–Kier alpha value is -1.06. The van der Waals surface area contributed by atoms with Crippen LogP contribution in [0.3, 0.4) is 0 Å². The Morgan fingerprint density at radius 2 is 1.95 bits per heavy atom. The van der Waals surface area contributed by atoms with Gasteiger partial charge in [-0.3, -0.25) is 4.68 Å². The summed E-state index contributed by atoms with van der Waals surface area (Å²) in [5.74, 6) is 1.14. The molecule has 0 amide bonds. The van der Waals surface area contributed by atoms with E-state index in [0.717, 1.165) is 17.2 Å². The van der Waals surface area contributed by atoms with Gasteiger partial charge in [-0.2, -0.15) is 0 Å². The molecule has 0 spiro atoms. The number of halogens is 1. The summed E-state index contributed by atoms with van der Waals surface area (Å²) >= 11 is 8.06. The molecule has 2 nitrogen and oxygen atoms in total. The zero-order valence-electron chi connectivity index (χ0n) is 11.1. The fraction of sp³-hybridized carbons (Fsp3) is 0.333. The number of hydrogen-bond donors (Lipinski definition) is 1. The van der Waals surface area contributed by atoms with Crippen molar-refractivity contribution in [3.05, 3.63) is 52.3 Å². The Balaban J connectivity index is 1.94. The minimum Gasteiger partial charge on any atom is -0.318 e. The standard InChI is InChI=1S/C15H17ClN2S/c1-10-3-4-11(2)18(10)17-14-7-8-19-15-6-5-12(16)9-13(14)15/h3-6,9,14,17H,7-8H2,1-2H3. The molecule has 1 aliphatic heterocycles. The lowest BCUT2D eigenvalue weighted by Gasteiger charge is -2.28. The molecule has 1 unspecified atom stereocenters. The minimum atomic E-state index is 0.333. The molecule has 1 aromatic carbocycles. The van der Waals surface area contributed by atoms with Gasteiger partial charge in [0.15, 0.2) is 0 Å². The van der Waals surface area contributed by atoms with Gasteiger partial charge in [-0.05, 0) is 56.2 Å². The number of nitrogens with one attached hydrogen (secondary N) is 1. The molecule has 2 aromatic rings. The van der Waals surface area contributed by atoms with Crippen LogP contribution in [0.15, 0.2) is 35.2 Å². The topological polar surface area (TPSA) is 17.0 Å². The van der Waals surface area contributed by atoms with Gasteiger partial charge in [-0.15, -0.1) is 11.8 Å². The maximum absolute atomic E-state index is 6.14. The van der Waals surface area contributed by atoms with E-state index in [-0.39, 0.29) is 0 Å². The van der Waals surface area contributed by atoms with Gasteiger partial charge >= 0.3 is 0 Å². The molecule has 0 aliphatic carbocycles. The van der Waals surface area contributed by atoms with Crippen LogP contribution in [-0.4, -0.2) is 10.4 Å². The van der Waals surface area contributed by atoms with E-state index in [1.54, 1.807) is 0 Å². The summed E-state index contributed by atoms with van der Waals surface area (Å²) in [6.45, 7) is 4.24. The van der Waals surface area contributed by atoms with Gasteiger partial charge in [-0.1, -0.05) is 11.6 Å². The van der Waals surface area contributed by atoms with Gasteiger partial charge in [0.25, 0.3) is 0 Å². The Kier molecular flexibility index (Phi) is 3.50. The van der Waals surface area contributed by atoms with Crippen LogP contribution in [0.5, 0.6) is 0 Å². The third kappa shape index (κ3) is 2.49. The summed E-state index contributed by atoms with van der Waals surface area (Å²) in [7, 11) is 0. The number of benzene rings is 1. The average Bonchev–Trinajstić information content (AvgIpc) is 2.71. The van der Waals surface area contributed by atoms with E-state index in [0.29, 0.717) is 6.04 Å². The quantitative estimate of drug-likeness (QED) is 0.875. The number of nitrogens with zero attached hydrogens (tertiary/aromatic N) is 1. The second-order valence-corrected chi connectivity index (χ2v) is 6.53. The van der Waals surface area contributed by atoms with Crippen LogP contribution in [-0.2, 0) is 0 Å². The van der Waals surface area contributed by atoms with E-state index in [1.807, 2.05) is 17.8 Å². The third-order valence-corrected chi connectivity index (χ3v) is 4.93. The predicted molar refractivity (Wildman–Crippen MR) is 82.8 cm³/mol. The lowest BCUT2D eigenvalue weighted by atomic mass is 10.0. The van der Waals surface area contributed by atoms with Gasteiger partial charge < -0.3 is 5.43 Å². The molecule has 3 rings (SSSR count). The van der Waals surface area contributed by atoms with E-state index in [4.69, 9.17) is 11.6 Å². The summed E-state index contributed by atoms with van der Waals surface area (Å²) < 4.78 is 2.17. The van der Waals surface area contributed by atoms with Crippen molar-refractivity contribution in [3.8, 4) is 0 Å². The van der Waals surface area contributed by atoms with Crippen LogP contribution < -0.4 is 5.43 Å². The predicted octanol–water partition coefficient (Wildman–Crippen LogP) is 4.54. The first-order chi connectivity index (χ1) is 9.15. The van der Waals surface area contributed by atoms with Crippen molar-refractivity contribution >= 4 is 23.4 Å². The van der Waals surface area contributed by atoms with Crippen LogP contribution in [0.4, 0.5) is 0 Å². The van der Waals surface area contributed by atoms with Crippen molar-refractivity contribution < 1.29 is 0 Å². The van der Waals surface area contributed by atoms with E-state index in [9.17, 15) is 0 Å². The number of aromatic nitrogens is 1. The maximum atomic E-state index is 6.14. The van der Waals surface area contributed by atoms with E-state index < -0.39 is 0 Å². The molecule has 1 aromatic heterocycles. The first kappa shape index (κ1) is 12.9. The second kappa shape index (κ2) is 5.14. The van der Waals surface area contributed by atoms with E-state index in [2.05, 4.69) is 48.2 Å². The number of fused-ring (bicyclic) bond motifs is 1. The van der Waals surface area contributed by atoms with Crippen molar-refractivity contribution in [2.45, 2.75) is 31.2 Å². The summed E-state index contributed by atoms with van der Waals surface area (Å²) in [5, 5.41) is 0.814. The van der Waals surface area contributed by atoms with Crippen molar-refractivity contribution in [1.29, 1.82) is 0 Å². The van der Waals surface area contributed by atoms with Crippen LogP contribution in [0.2, 0.25) is 5.02 Å². The largest absolute Gasteiger partial charge is 0.318 e. The van der Waals surface area contributed by atoms with Crippen molar-refractivity contribution in [1.82, 2.24) is 4.68 Å². The Labute approximate surface area is 123 Å². The maximum Gasteiger partial charge on any atom is 0.0693 e. The average molecular weight is 293 g/mol. The number of hydrogen-bond acceptors (Lipinski definition) is 2. The first-order valence-electron chi connectivity index (χ1n) is 6.49. The lowest BCUT2D eigenvalue weighted by Crippen LogP contribution is -2.25. The van der Waals surface area contributed by atoms with E-state index in [1.165, 1.54) is 21.8 Å². The molecule has 1 aliphatic rings. The van der Waals surface area contributed by atoms with Crippen LogP contribution in [0.25, 0.3) is 0 Å². The van der Waals surface area contributed by atoms with Gasteiger partial charge in [0.1, 0.15) is 0 Å². The number of aryl methyl sites for hydroxylation is 2. The SMILES string of the molecule is Cc1ccc(C)n1NC1CCSc2ccc(Cl)cc21. The molecule has 2 heterocycles. The number of rotatable bonds is 2. The molecular formula is C15H17ClN2S. The van der Waals surface area contributed by atoms with Gasteiger partial charge in [0, 0.05) is 27.1 Å². The Morgan fingerprint density at radius 1 is 1.21 bits per heavy atom. The monoisotopic (exact) mass is 292 g/mol. The molecule has 4 heteroatoms. The smallest absolute Gasteiger partial charge is 0.0693 e. The Bertz CT molecular complexity index is 587. The highest BCUT2D eigenvalue weighted by Gasteiger charge is 2.21. The Morgan fingerprint density at radius 3 is 2.68 bits per heavy atom. The first-order valence-corrected chi connectivity index (χ1v) is 7.85. The lowest BCUT2D eigenvalue weighted by molar-refractivity contribution is 0.625. The molecule has 0 bridgehead atoms. The van der Waals surface area contributed by atoms with Gasteiger partial charge in [0.2, 0.25) is 0 Å². The summed E-state index contributed by atoms with van der Waals surface area (Å²) in [6, 6.07) is 10.8. The summed E-state index contributed by atoms with van der Waals surface area (Å²) in [6.07, 6.45) is 1.12.